The molecule has 2 aliphatic rings. The van der Waals surface area contributed by atoms with Crippen LogP contribution in [0.15, 0.2) is 0 Å². The number of nitrogens with two attached hydrogens (primary N) is 1. The lowest BCUT2D eigenvalue weighted by atomic mass is 9.87. The molecule has 2 rings (SSSR count). The maximum absolute atomic E-state index is 6.09. The molecule has 0 spiro atoms. The standard InChI is InChI=1S/C15H32N4/c1-14(2)12-18-10-6-15(13-16,7-11-18)17-19-8-4-3-5-9-19/h14,17H,3-13,16H2,1-2H3. The topological polar surface area (TPSA) is 44.5 Å². The zero-order valence-electron chi connectivity index (χ0n) is 12.8. The summed E-state index contributed by atoms with van der Waals surface area (Å²) in [7, 11) is 0. The molecule has 0 aromatic rings. The van der Waals surface area contributed by atoms with Crippen molar-refractivity contribution in [3.63, 3.8) is 0 Å². The maximum Gasteiger partial charge on any atom is 0.0472 e. The largest absolute Gasteiger partial charge is 0.329 e. The normalized spacial score (nSPS) is 25.9. The lowest BCUT2D eigenvalue weighted by Crippen LogP contribution is -2.63. The highest BCUT2D eigenvalue weighted by Crippen LogP contribution is 2.23. The summed E-state index contributed by atoms with van der Waals surface area (Å²) >= 11 is 0. The summed E-state index contributed by atoms with van der Waals surface area (Å²) in [6.45, 7) is 11.4. The van der Waals surface area contributed by atoms with Crippen molar-refractivity contribution in [3.8, 4) is 0 Å². The summed E-state index contributed by atoms with van der Waals surface area (Å²) in [4.78, 5) is 2.59. The number of piperidine rings is 2. The van der Waals surface area contributed by atoms with Crippen LogP contribution in [0.5, 0.6) is 0 Å². The predicted octanol–water partition coefficient (Wildman–Crippen LogP) is 1.43. The first-order valence-electron chi connectivity index (χ1n) is 8.09. The molecular weight excluding hydrogens is 236 g/mol. The van der Waals surface area contributed by atoms with Crippen LogP contribution in [0.3, 0.4) is 0 Å². The molecule has 0 aromatic heterocycles. The highest BCUT2D eigenvalue weighted by Gasteiger charge is 2.35. The van der Waals surface area contributed by atoms with Crippen LogP contribution in [0.4, 0.5) is 0 Å². The number of hydrazine groups is 1. The Hall–Kier alpha value is -0.160. The molecule has 0 aliphatic carbocycles. The Morgan fingerprint density at radius 3 is 2.21 bits per heavy atom. The first-order valence-corrected chi connectivity index (χ1v) is 8.09. The number of rotatable bonds is 5. The Kier molecular flexibility index (Phi) is 5.63. The van der Waals surface area contributed by atoms with Gasteiger partial charge >= 0.3 is 0 Å². The maximum atomic E-state index is 6.09. The quantitative estimate of drug-likeness (QED) is 0.792. The van der Waals surface area contributed by atoms with Crippen LogP contribution in [0.2, 0.25) is 0 Å². The van der Waals surface area contributed by atoms with E-state index in [0.29, 0.717) is 0 Å². The molecule has 0 radical (unpaired) electrons. The second kappa shape index (κ2) is 7.02. The molecule has 0 amide bonds. The smallest absolute Gasteiger partial charge is 0.0472 e. The molecule has 112 valence electrons. The van der Waals surface area contributed by atoms with E-state index >= 15 is 0 Å². The Balaban J connectivity index is 1.82. The average molecular weight is 268 g/mol. The lowest BCUT2D eigenvalue weighted by Gasteiger charge is -2.45. The van der Waals surface area contributed by atoms with Gasteiger partial charge in [0.1, 0.15) is 0 Å². The van der Waals surface area contributed by atoms with E-state index in [1.807, 2.05) is 0 Å². The van der Waals surface area contributed by atoms with Crippen molar-refractivity contribution < 1.29 is 0 Å². The van der Waals surface area contributed by atoms with E-state index in [-0.39, 0.29) is 5.54 Å². The molecule has 19 heavy (non-hydrogen) atoms. The number of likely N-dealkylation sites (tertiary alicyclic amines) is 1. The van der Waals surface area contributed by atoms with Gasteiger partial charge in [-0.3, -0.25) is 0 Å². The van der Waals surface area contributed by atoms with Crippen LogP contribution in [0.1, 0.15) is 46.0 Å². The van der Waals surface area contributed by atoms with Gasteiger partial charge in [0.05, 0.1) is 0 Å². The van der Waals surface area contributed by atoms with Crippen molar-refractivity contribution in [1.29, 1.82) is 0 Å². The van der Waals surface area contributed by atoms with Gasteiger partial charge in [0, 0.05) is 31.7 Å². The number of hydrogen-bond acceptors (Lipinski definition) is 4. The molecule has 0 aromatic carbocycles. The molecular formula is C15H32N4. The molecule has 2 saturated heterocycles. The second-order valence-corrected chi connectivity index (χ2v) is 6.84. The third-order valence-corrected chi connectivity index (χ3v) is 4.58. The Morgan fingerprint density at radius 2 is 1.68 bits per heavy atom. The summed E-state index contributed by atoms with van der Waals surface area (Å²) in [5.74, 6) is 0.764. The molecule has 4 heteroatoms. The van der Waals surface area contributed by atoms with E-state index in [1.54, 1.807) is 0 Å². The Labute approximate surface area is 118 Å². The van der Waals surface area contributed by atoms with Crippen molar-refractivity contribution >= 4 is 0 Å². The third kappa shape index (κ3) is 4.42. The molecule has 2 aliphatic heterocycles. The van der Waals surface area contributed by atoms with E-state index in [9.17, 15) is 0 Å². The third-order valence-electron chi connectivity index (χ3n) is 4.58. The van der Waals surface area contributed by atoms with Crippen molar-refractivity contribution in [3.05, 3.63) is 0 Å². The average Bonchev–Trinajstić information content (AvgIpc) is 2.42. The van der Waals surface area contributed by atoms with Gasteiger partial charge in [-0.1, -0.05) is 20.3 Å². The molecule has 3 N–H and O–H groups in total. The highest BCUT2D eigenvalue weighted by molar-refractivity contribution is 4.94. The van der Waals surface area contributed by atoms with Gasteiger partial charge in [-0.15, -0.1) is 0 Å². The molecule has 2 heterocycles. The summed E-state index contributed by atoms with van der Waals surface area (Å²) in [5.41, 5.74) is 10.0. The van der Waals surface area contributed by atoms with Crippen LogP contribution in [-0.2, 0) is 0 Å². The lowest BCUT2D eigenvalue weighted by molar-refractivity contribution is 0.0376. The van der Waals surface area contributed by atoms with E-state index in [4.69, 9.17) is 5.73 Å². The van der Waals surface area contributed by atoms with E-state index < -0.39 is 0 Å². The van der Waals surface area contributed by atoms with Crippen LogP contribution in [-0.4, -0.2) is 54.7 Å². The molecule has 4 nitrogen and oxygen atoms in total. The molecule has 0 atom stereocenters. The van der Waals surface area contributed by atoms with Crippen LogP contribution in [0.25, 0.3) is 0 Å². The number of nitrogens with zero attached hydrogens (tertiary/aromatic N) is 2. The van der Waals surface area contributed by atoms with E-state index in [2.05, 4.69) is 29.2 Å². The van der Waals surface area contributed by atoms with Crippen LogP contribution in [0, 0.1) is 5.92 Å². The first-order chi connectivity index (χ1) is 9.13. The summed E-state index contributed by atoms with van der Waals surface area (Å²) < 4.78 is 0. The summed E-state index contributed by atoms with van der Waals surface area (Å²) in [6.07, 6.45) is 6.41. The van der Waals surface area contributed by atoms with Crippen LogP contribution < -0.4 is 11.2 Å². The van der Waals surface area contributed by atoms with Gasteiger partial charge in [0.15, 0.2) is 0 Å². The van der Waals surface area contributed by atoms with Crippen molar-refractivity contribution in [1.82, 2.24) is 15.3 Å². The molecule has 0 unspecified atom stereocenters. The van der Waals surface area contributed by atoms with Gasteiger partial charge in [-0.05, 0) is 44.7 Å². The van der Waals surface area contributed by atoms with Crippen molar-refractivity contribution in [2.45, 2.75) is 51.5 Å². The number of nitrogens with one attached hydrogen (secondary N) is 1. The number of hydrogen-bond donors (Lipinski definition) is 2. The SMILES string of the molecule is CC(C)CN1CCC(CN)(NN2CCCCC2)CC1. The fourth-order valence-corrected chi connectivity index (χ4v) is 3.38. The molecule has 0 bridgehead atoms. The van der Waals surface area contributed by atoms with Crippen molar-refractivity contribution in [2.75, 3.05) is 39.3 Å². The minimum atomic E-state index is 0.158. The van der Waals surface area contributed by atoms with Gasteiger partial charge in [0.2, 0.25) is 0 Å². The zero-order valence-corrected chi connectivity index (χ0v) is 12.8. The summed E-state index contributed by atoms with van der Waals surface area (Å²) in [6, 6.07) is 0. The minimum absolute atomic E-state index is 0.158. The monoisotopic (exact) mass is 268 g/mol. The second-order valence-electron chi connectivity index (χ2n) is 6.84. The zero-order chi connectivity index (χ0) is 13.7. The Bertz CT molecular complexity index is 253. The predicted molar refractivity (Wildman–Crippen MR) is 80.9 cm³/mol. The van der Waals surface area contributed by atoms with Crippen molar-refractivity contribution in [2.24, 2.45) is 11.7 Å². The minimum Gasteiger partial charge on any atom is -0.329 e. The van der Waals surface area contributed by atoms with Gasteiger partial charge in [-0.2, -0.15) is 0 Å². The Morgan fingerprint density at radius 1 is 1.05 bits per heavy atom. The first kappa shape index (κ1) is 15.2. The molecule has 0 saturated carbocycles. The van der Waals surface area contributed by atoms with Gasteiger partial charge in [0.25, 0.3) is 0 Å². The highest BCUT2D eigenvalue weighted by atomic mass is 15.5. The summed E-state index contributed by atoms with van der Waals surface area (Å²) in [5, 5.41) is 2.43. The van der Waals surface area contributed by atoms with Crippen LogP contribution >= 0.6 is 0 Å². The van der Waals surface area contributed by atoms with Gasteiger partial charge in [-0.25, -0.2) is 10.4 Å². The van der Waals surface area contributed by atoms with E-state index in [0.717, 1.165) is 12.5 Å². The fourth-order valence-electron chi connectivity index (χ4n) is 3.38. The molecule has 2 fully saturated rings. The van der Waals surface area contributed by atoms with Gasteiger partial charge < -0.3 is 10.6 Å². The fraction of sp³-hybridized carbons (Fsp3) is 1.00. The van der Waals surface area contributed by atoms with E-state index in [1.165, 1.54) is 64.8 Å².